The molecule has 5 nitrogen and oxygen atoms in total. The van der Waals surface area contributed by atoms with Crippen LogP contribution in [0.25, 0.3) is 0 Å². The molecular weight excluding hydrogens is 270 g/mol. The number of ether oxygens (including phenoxy) is 1. The summed E-state index contributed by atoms with van der Waals surface area (Å²) >= 11 is 0. The van der Waals surface area contributed by atoms with Gasteiger partial charge in [0.1, 0.15) is 6.61 Å². The second kappa shape index (κ2) is 9.58. The quantitative estimate of drug-likeness (QED) is 0.541. The molecule has 0 aliphatic heterocycles. The topological polar surface area (TPSA) is 75.6 Å². The second-order valence-electron chi connectivity index (χ2n) is 4.68. The molecule has 0 saturated carbocycles. The number of hydrogen-bond donors (Lipinski definition) is 2. The SMILES string of the molecule is C=CCOC(=O)NCCCC(Cc1ccccc1)C(=O)O. The summed E-state index contributed by atoms with van der Waals surface area (Å²) in [6, 6.07) is 9.52. The van der Waals surface area contributed by atoms with E-state index in [2.05, 4.69) is 11.9 Å². The van der Waals surface area contributed by atoms with Crippen molar-refractivity contribution in [2.45, 2.75) is 19.3 Å². The van der Waals surface area contributed by atoms with Crippen LogP contribution in [0, 0.1) is 5.92 Å². The van der Waals surface area contributed by atoms with Gasteiger partial charge in [0.15, 0.2) is 0 Å². The molecule has 1 atom stereocenters. The molecule has 0 heterocycles. The number of aliphatic carboxylic acids is 1. The lowest BCUT2D eigenvalue weighted by Crippen LogP contribution is -2.26. The average molecular weight is 291 g/mol. The van der Waals surface area contributed by atoms with Gasteiger partial charge < -0.3 is 15.2 Å². The average Bonchev–Trinajstić information content (AvgIpc) is 2.49. The molecule has 0 aliphatic rings. The molecule has 0 radical (unpaired) electrons. The predicted molar refractivity (Wildman–Crippen MR) is 80.1 cm³/mol. The van der Waals surface area contributed by atoms with E-state index < -0.39 is 18.0 Å². The van der Waals surface area contributed by atoms with Crippen LogP contribution in [-0.2, 0) is 16.0 Å². The van der Waals surface area contributed by atoms with Gasteiger partial charge in [0.05, 0.1) is 5.92 Å². The molecule has 0 aromatic heterocycles. The third kappa shape index (κ3) is 7.15. The van der Waals surface area contributed by atoms with E-state index in [0.29, 0.717) is 25.8 Å². The smallest absolute Gasteiger partial charge is 0.407 e. The Labute approximate surface area is 124 Å². The number of benzene rings is 1. The molecule has 1 aromatic carbocycles. The summed E-state index contributed by atoms with van der Waals surface area (Å²) in [7, 11) is 0. The first kappa shape index (κ1) is 16.8. The lowest BCUT2D eigenvalue weighted by Gasteiger charge is -2.12. The fourth-order valence-electron chi connectivity index (χ4n) is 1.94. The zero-order valence-corrected chi connectivity index (χ0v) is 12.0. The van der Waals surface area contributed by atoms with Crippen molar-refractivity contribution in [1.82, 2.24) is 5.32 Å². The number of carbonyl (C=O) groups is 2. The van der Waals surface area contributed by atoms with E-state index in [0.717, 1.165) is 5.56 Å². The van der Waals surface area contributed by atoms with Crippen molar-refractivity contribution in [2.75, 3.05) is 13.2 Å². The maximum atomic E-state index is 11.3. The zero-order valence-electron chi connectivity index (χ0n) is 12.0. The molecule has 2 N–H and O–H groups in total. The van der Waals surface area contributed by atoms with Crippen LogP contribution in [0.1, 0.15) is 18.4 Å². The Morgan fingerprint density at radius 1 is 1.33 bits per heavy atom. The van der Waals surface area contributed by atoms with Crippen LogP contribution in [0.2, 0.25) is 0 Å². The molecule has 1 unspecified atom stereocenters. The van der Waals surface area contributed by atoms with E-state index >= 15 is 0 Å². The summed E-state index contributed by atoms with van der Waals surface area (Å²) in [6.07, 6.45) is 2.57. The normalized spacial score (nSPS) is 11.4. The van der Waals surface area contributed by atoms with Crippen molar-refractivity contribution in [3.8, 4) is 0 Å². The highest BCUT2D eigenvalue weighted by Gasteiger charge is 2.17. The number of alkyl carbamates (subject to hydrolysis) is 1. The van der Waals surface area contributed by atoms with E-state index in [1.807, 2.05) is 30.3 Å². The Morgan fingerprint density at radius 2 is 2.05 bits per heavy atom. The summed E-state index contributed by atoms with van der Waals surface area (Å²) in [5.74, 6) is -1.26. The van der Waals surface area contributed by atoms with E-state index in [4.69, 9.17) is 4.74 Å². The highest BCUT2D eigenvalue weighted by Crippen LogP contribution is 2.14. The lowest BCUT2D eigenvalue weighted by molar-refractivity contribution is -0.141. The zero-order chi connectivity index (χ0) is 15.5. The van der Waals surface area contributed by atoms with Gasteiger partial charge in [-0.15, -0.1) is 0 Å². The molecular formula is C16H21NO4. The Kier molecular flexibility index (Phi) is 7.64. The van der Waals surface area contributed by atoms with Gasteiger partial charge in [-0.1, -0.05) is 43.0 Å². The number of carboxylic acid groups (broad SMARTS) is 1. The Morgan fingerprint density at radius 3 is 2.67 bits per heavy atom. The van der Waals surface area contributed by atoms with E-state index in [1.165, 1.54) is 6.08 Å². The summed E-state index contributed by atoms with van der Waals surface area (Å²) in [4.78, 5) is 22.4. The van der Waals surface area contributed by atoms with Gasteiger partial charge in [-0.3, -0.25) is 4.79 Å². The van der Waals surface area contributed by atoms with Crippen molar-refractivity contribution in [2.24, 2.45) is 5.92 Å². The Hall–Kier alpha value is -2.30. The number of carbonyl (C=O) groups excluding carboxylic acids is 1. The number of carboxylic acids is 1. The maximum absolute atomic E-state index is 11.3. The fraction of sp³-hybridized carbons (Fsp3) is 0.375. The minimum absolute atomic E-state index is 0.164. The first-order valence-corrected chi connectivity index (χ1v) is 6.91. The van der Waals surface area contributed by atoms with Crippen LogP contribution in [0.4, 0.5) is 4.79 Å². The van der Waals surface area contributed by atoms with Crippen molar-refractivity contribution in [3.63, 3.8) is 0 Å². The molecule has 1 aromatic rings. The number of nitrogens with one attached hydrogen (secondary N) is 1. The molecule has 114 valence electrons. The molecule has 1 rings (SSSR count). The molecule has 21 heavy (non-hydrogen) atoms. The number of amides is 1. The monoisotopic (exact) mass is 291 g/mol. The Bertz CT molecular complexity index is 459. The van der Waals surface area contributed by atoms with Gasteiger partial charge in [-0.05, 0) is 24.8 Å². The molecule has 0 spiro atoms. The lowest BCUT2D eigenvalue weighted by atomic mass is 9.95. The Balaban J connectivity index is 2.30. The van der Waals surface area contributed by atoms with Gasteiger partial charge in [-0.2, -0.15) is 0 Å². The first-order chi connectivity index (χ1) is 10.1. The number of hydrogen-bond acceptors (Lipinski definition) is 3. The largest absolute Gasteiger partial charge is 0.481 e. The standard InChI is InChI=1S/C16H21NO4/c1-2-11-21-16(20)17-10-6-9-14(15(18)19)12-13-7-4-3-5-8-13/h2-5,7-8,14H,1,6,9-12H2,(H,17,20)(H,18,19). The van der Waals surface area contributed by atoms with E-state index in [-0.39, 0.29) is 6.61 Å². The van der Waals surface area contributed by atoms with Crippen LogP contribution in [0.3, 0.4) is 0 Å². The van der Waals surface area contributed by atoms with Gasteiger partial charge in [0.25, 0.3) is 0 Å². The fourth-order valence-corrected chi connectivity index (χ4v) is 1.94. The van der Waals surface area contributed by atoms with Crippen molar-refractivity contribution >= 4 is 12.1 Å². The van der Waals surface area contributed by atoms with Gasteiger partial charge in [-0.25, -0.2) is 4.79 Å². The van der Waals surface area contributed by atoms with E-state index in [9.17, 15) is 14.7 Å². The summed E-state index contributed by atoms with van der Waals surface area (Å²) in [5, 5.41) is 11.8. The molecule has 0 bridgehead atoms. The van der Waals surface area contributed by atoms with Crippen LogP contribution >= 0.6 is 0 Å². The molecule has 1 amide bonds. The minimum Gasteiger partial charge on any atom is -0.481 e. The maximum Gasteiger partial charge on any atom is 0.407 e. The van der Waals surface area contributed by atoms with Crippen molar-refractivity contribution in [3.05, 3.63) is 48.6 Å². The molecule has 0 saturated heterocycles. The van der Waals surface area contributed by atoms with Gasteiger partial charge in [0, 0.05) is 6.54 Å². The summed E-state index contributed by atoms with van der Waals surface area (Å²) in [5.41, 5.74) is 1.00. The highest BCUT2D eigenvalue weighted by atomic mass is 16.5. The predicted octanol–water partition coefficient (Wildman–Crippen LogP) is 2.62. The molecule has 0 fully saturated rings. The van der Waals surface area contributed by atoms with Crippen molar-refractivity contribution in [1.29, 1.82) is 0 Å². The molecule has 5 heteroatoms. The molecule has 0 aliphatic carbocycles. The van der Waals surface area contributed by atoms with Crippen LogP contribution in [0.15, 0.2) is 43.0 Å². The van der Waals surface area contributed by atoms with E-state index in [1.54, 1.807) is 0 Å². The first-order valence-electron chi connectivity index (χ1n) is 6.91. The van der Waals surface area contributed by atoms with Gasteiger partial charge in [0.2, 0.25) is 0 Å². The van der Waals surface area contributed by atoms with Crippen LogP contribution in [0.5, 0.6) is 0 Å². The van der Waals surface area contributed by atoms with Crippen LogP contribution < -0.4 is 5.32 Å². The van der Waals surface area contributed by atoms with Crippen LogP contribution in [-0.4, -0.2) is 30.3 Å². The van der Waals surface area contributed by atoms with Gasteiger partial charge >= 0.3 is 12.1 Å². The minimum atomic E-state index is -0.812. The third-order valence-electron chi connectivity index (χ3n) is 3.01. The second-order valence-corrected chi connectivity index (χ2v) is 4.68. The van der Waals surface area contributed by atoms with Crippen molar-refractivity contribution < 1.29 is 19.4 Å². The number of rotatable bonds is 9. The highest BCUT2D eigenvalue weighted by molar-refractivity contribution is 5.70. The third-order valence-corrected chi connectivity index (χ3v) is 3.01. The summed E-state index contributed by atoms with van der Waals surface area (Å²) in [6.45, 7) is 4.00. The summed E-state index contributed by atoms with van der Waals surface area (Å²) < 4.78 is 4.76.